The molecule has 2 aromatic rings. The van der Waals surface area contributed by atoms with E-state index >= 15 is 0 Å². The summed E-state index contributed by atoms with van der Waals surface area (Å²) >= 11 is 6.89. The highest BCUT2D eigenvalue weighted by Gasteiger charge is 2.44. The molecule has 1 aromatic carbocycles. The van der Waals surface area contributed by atoms with Crippen molar-refractivity contribution in [3.8, 4) is 0 Å². The Morgan fingerprint density at radius 2 is 2.21 bits per heavy atom. The van der Waals surface area contributed by atoms with E-state index in [4.69, 9.17) is 16.7 Å². The minimum Gasteiger partial charge on any atom is -0.480 e. The number of carbonyl (C=O) groups excluding carboxylic acids is 1. The highest BCUT2D eigenvalue weighted by molar-refractivity contribution is 7.87. The Kier molecular flexibility index (Phi) is 5.95. The van der Waals surface area contributed by atoms with Gasteiger partial charge in [0.1, 0.15) is 23.4 Å². The quantitative estimate of drug-likeness (QED) is 0.637. The molecule has 2 atom stereocenters. The lowest BCUT2D eigenvalue weighted by molar-refractivity contribution is -0.138. The lowest BCUT2D eigenvalue weighted by Gasteiger charge is -2.36. The predicted octanol–water partition coefficient (Wildman–Crippen LogP) is 1.61. The number of aromatic nitrogens is 1. The van der Waals surface area contributed by atoms with Crippen molar-refractivity contribution in [2.75, 3.05) is 11.9 Å². The Hall–Kier alpha value is -2.12. The maximum Gasteiger partial charge on any atom is 0.318 e. The number of carboxylic acid groups (broad SMARTS) is 1. The van der Waals surface area contributed by atoms with Crippen molar-refractivity contribution in [2.45, 2.75) is 18.5 Å². The van der Waals surface area contributed by atoms with Crippen molar-refractivity contribution in [3.63, 3.8) is 0 Å². The average molecular weight is 449 g/mol. The zero-order chi connectivity index (χ0) is 20.5. The third-order valence-corrected chi connectivity index (χ3v) is 6.70. The van der Waals surface area contributed by atoms with Crippen molar-refractivity contribution < 1.29 is 27.5 Å². The zero-order valence-electron chi connectivity index (χ0n) is 14.0. The second kappa shape index (κ2) is 8.09. The molecule has 2 heterocycles. The van der Waals surface area contributed by atoms with Gasteiger partial charge in [0.25, 0.3) is 10.2 Å². The molecule has 28 heavy (non-hydrogen) atoms. The first-order chi connectivity index (χ1) is 13.2. The molecule has 0 saturated carbocycles. The van der Waals surface area contributed by atoms with Crippen molar-refractivity contribution >= 4 is 50.7 Å². The lowest BCUT2D eigenvalue weighted by Crippen LogP contribution is -2.58. The molecule has 0 aliphatic carbocycles. The molecule has 1 fully saturated rings. The van der Waals surface area contributed by atoms with Crippen LogP contribution < -0.4 is 10.0 Å². The Bertz CT molecular complexity index is 1000. The Labute approximate surface area is 168 Å². The number of nitrogens with one attached hydrogen (secondary N) is 2. The number of carbonyl (C=O) groups is 2. The standard InChI is InChI=1S/C15H14ClFN4O5S2/c16-9-5-8(1-2-10(9)17)19-14(24)12-6-11(15-18-3-4-27-15)20-28(25,26)21(12)7-13(22)23/h1-5,11-12,20H,6-7H2,(H,19,24)(H,22,23). The maximum atomic E-state index is 13.3. The van der Waals surface area contributed by atoms with Crippen LogP contribution in [0.2, 0.25) is 5.02 Å². The van der Waals surface area contributed by atoms with Gasteiger partial charge < -0.3 is 10.4 Å². The van der Waals surface area contributed by atoms with Crippen molar-refractivity contribution in [1.29, 1.82) is 0 Å². The molecule has 13 heteroatoms. The molecule has 1 saturated heterocycles. The number of benzene rings is 1. The number of hydrogen-bond acceptors (Lipinski definition) is 6. The molecular weight excluding hydrogens is 435 g/mol. The van der Waals surface area contributed by atoms with Gasteiger partial charge in [-0.1, -0.05) is 11.6 Å². The summed E-state index contributed by atoms with van der Waals surface area (Å²) in [5.74, 6) is -2.86. The van der Waals surface area contributed by atoms with Gasteiger partial charge >= 0.3 is 5.97 Å². The van der Waals surface area contributed by atoms with Crippen LogP contribution in [0.3, 0.4) is 0 Å². The van der Waals surface area contributed by atoms with Gasteiger partial charge in [0.2, 0.25) is 5.91 Å². The minimum absolute atomic E-state index is 0.0409. The molecule has 1 aromatic heterocycles. The van der Waals surface area contributed by atoms with Crippen LogP contribution in [-0.2, 0) is 19.8 Å². The van der Waals surface area contributed by atoms with E-state index in [1.165, 1.54) is 29.7 Å². The van der Waals surface area contributed by atoms with Crippen molar-refractivity contribution in [1.82, 2.24) is 14.0 Å². The third kappa shape index (κ3) is 4.47. The average Bonchev–Trinajstić information content (AvgIpc) is 3.13. The third-order valence-electron chi connectivity index (χ3n) is 3.94. The van der Waals surface area contributed by atoms with Crippen LogP contribution in [0.25, 0.3) is 0 Å². The summed E-state index contributed by atoms with van der Waals surface area (Å²) in [4.78, 5) is 28.0. The first kappa shape index (κ1) is 20.6. The number of nitrogens with zero attached hydrogens (tertiary/aromatic N) is 2. The van der Waals surface area contributed by atoms with Crippen LogP contribution in [-0.4, -0.2) is 47.3 Å². The summed E-state index contributed by atoms with van der Waals surface area (Å²) in [6.45, 7) is -0.901. The molecule has 1 amide bonds. The Morgan fingerprint density at radius 3 is 2.82 bits per heavy atom. The monoisotopic (exact) mass is 448 g/mol. The van der Waals surface area contributed by atoms with Crippen LogP contribution >= 0.6 is 22.9 Å². The van der Waals surface area contributed by atoms with Gasteiger partial charge in [-0.05, 0) is 24.6 Å². The number of halogens is 2. The fourth-order valence-electron chi connectivity index (χ4n) is 2.73. The SMILES string of the molecule is O=C(O)CN1C(C(=O)Nc2ccc(F)c(Cl)c2)CC(c2nccs2)NS1(=O)=O. The number of rotatable bonds is 5. The normalized spacial score (nSPS) is 21.9. The zero-order valence-corrected chi connectivity index (χ0v) is 16.4. The molecule has 3 N–H and O–H groups in total. The van der Waals surface area contributed by atoms with E-state index in [1.807, 2.05) is 0 Å². The predicted molar refractivity (Wildman–Crippen MR) is 99.7 cm³/mol. The van der Waals surface area contributed by atoms with Gasteiger partial charge in [0.05, 0.1) is 11.1 Å². The molecule has 1 aliphatic rings. The van der Waals surface area contributed by atoms with E-state index < -0.39 is 46.5 Å². The van der Waals surface area contributed by atoms with Gasteiger partial charge in [-0.15, -0.1) is 11.3 Å². The number of aliphatic carboxylic acids is 1. The minimum atomic E-state index is -4.27. The number of thiazole rings is 1. The summed E-state index contributed by atoms with van der Waals surface area (Å²) < 4.78 is 41.3. The summed E-state index contributed by atoms with van der Waals surface area (Å²) in [6.07, 6.45) is 1.45. The van der Waals surface area contributed by atoms with Gasteiger partial charge in [-0.3, -0.25) is 9.59 Å². The lowest BCUT2D eigenvalue weighted by atomic mass is 10.1. The van der Waals surface area contributed by atoms with E-state index in [0.717, 1.165) is 6.07 Å². The van der Waals surface area contributed by atoms with Crippen molar-refractivity contribution in [3.05, 3.63) is 45.6 Å². The van der Waals surface area contributed by atoms with Crippen molar-refractivity contribution in [2.24, 2.45) is 0 Å². The molecule has 9 nitrogen and oxygen atoms in total. The highest BCUT2D eigenvalue weighted by Crippen LogP contribution is 2.30. The number of anilines is 1. The maximum absolute atomic E-state index is 13.3. The molecule has 150 valence electrons. The summed E-state index contributed by atoms with van der Waals surface area (Å²) in [5, 5.41) is 13.4. The van der Waals surface area contributed by atoms with Crippen LogP contribution in [0.5, 0.6) is 0 Å². The van der Waals surface area contributed by atoms with E-state index in [0.29, 0.717) is 9.31 Å². The second-order valence-electron chi connectivity index (χ2n) is 5.85. The largest absolute Gasteiger partial charge is 0.480 e. The van der Waals surface area contributed by atoms with E-state index in [9.17, 15) is 22.4 Å². The molecule has 0 spiro atoms. The first-order valence-corrected chi connectivity index (χ1v) is 10.5. The molecule has 0 radical (unpaired) electrons. The van der Waals surface area contributed by atoms with Crippen LogP contribution in [0.15, 0.2) is 29.8 Å². The first-order valence-electron chi connectivity index (χ1n) is 7.83. The van der Waals surface area contributed by atoms with E-state index in [2.05, 4.69) is 15.0 Å². The van der Waals surface area contributed by atoms with Gasteiger partial charge in [0.15, 0.2) is 0 Å². The Morgan fingerprint density at radius 1 is 1.46 bits per heavy atom. The topological polar surface area (TPSA) is 129 Å². The van der Waals surface area contributed by atoms with Crippen LogP contribution in [0.1, 0.15) is 17.5 Å². The summed E-state index contributed by atoms with van der Waals surface area (Å²) in [6, 6.07) is 1.37. The van der Waals surface area contributed by atoms with E-state index in [-0.39, 0.29) is 17.1 Å². The number of amides is 1. The smallest absolute Gasteiger partial charge is 0.318 e. The highest BCUT2D eigenvalue weighted by atomic mass is 35.5. The molecule has 3 rings (SSSR count). The number of carboxylic acids is 1. The molecular formula is C15H14ClFN4O5S2. The van der Waals surface area contributed by atoms with Gasteiger partial charge in [-0.25, -0.2) is 9.37 Å². The summed E-state index contributed by atoms with van der Waals surface area (Å²) in [5.41, 5.74) is 0.147. The fraction of sp³-hybridized carbons (Fsp3) is 0.267. The fourth-order valence-corrected chi connectivity index (χ4v) is 5.18. The molecule has 0 bridgehead atoms. The van der Waals surface area contributed by atoms with Crippen LogP contribution in [0, 0.1) is 5.82 Å². The Balaban J connectivity index is 1.90. The van der Waals surface area contributed by atoms with Crippen LogP contribution in [0.4, 0.5) is 10.1 Å². The molecule has 2 unspecified atom stereocenters. The molecule has 1 aliphatic heterocycles. The van der Waals surface area contributed by atoms with E-state index in [1.54, 1.807) is 5.38 Å². The van der Waals surface area contributed by atoms with Gasteiger partial charge in [0, 0.05) is 17.3 Å². The number of hydrogen-bond donors (Lipinski definition) is 3. The second-order valence-corrected chi connectivity index (χ2v) is 8.84. The van der Waals surface area contributed by atoms with Gasteiger partial charge in [-0.2, -0.15) is 17.4 Å². The summed E-state index contributed by atoms with van der Waals surface area (Å²) in [7, 11) is -4.27.